The van der Waals surface area contributed by atoms with Gasteiger partial charge in [-0.3, -0.25) is 0 Å². The fraction of sp³-hybridized carbons (Fsp3) is 0.333. The van der Waals surface area contributed by atoms with Gasteiger partial charge in [-0.25, -0.2) is 0 Å². The monoisotopic (exact) mass is 284 g/mol. The molecule has 1 aromatic carbocycles. The first kappa shape index (κ1) is 15.6. The van der Waals surface area contributed by atoms with Crippen molar-refractivity contribution in [3.63, 3.8) is 0 Å². The maximum absolute atomic E-state index is 12.8. The molecule has 1 N–H and O–H groups in total. The van der Waals surface area contributed by atoms with Crippen LogP contribution in [-0.2, 0) is 11.8 Å². The summed E-state index contributed by atoms with van der Waals surface area (Å²) in [5.41, 5.74) is -4.98. The number of rotatable bonds is 3. The highest BCUT2D eigenvalue weighted by Crippen LogP contribution is 2.42. The molecular weight excluding hydrogens is 274 g/mol. The molecule has 0 radical (unpaired) electrons. The van der Waals surface area contributed by atoms with Crippen LogP contribution in [0.1, 0.15) is 17.5 Å². The highest BCUT2D eigenvalue weighted by Gasteiger charge is 2.54. The summed E-state index contributed by atoms with van der Waals surface area (Å²) in [4.78, 5) is 0. The molecule has 0 unspecified atom stereocenters. The van der Waals surface area contributed by atoms with E-state index >= 15 is 0 Å². The Kier molecular flexibility index (Phi) is 4.00. The van der Waals surface area contributed by atoms with E-state index in [1.165, 1.54) is 0 Å². The lowest BCUT2D eigenvalue weighted by molar-refractivity contribution is -0.265. The molecule has 0 saturated carbocycles. The minimum atomic E-state index is -5.01. The molecule has 1 aromatic rings. The van der Waals surface area contributed by atoms with Gasteiger partial charge in [-0.2, -0.15) is 26.3 Å². The predicted molar refractivity (Wildman–Crippen MR) is 56.2 cm³/mol. The van der Waals surface area contributed by atoms with Crippen LogP contribution in [0.4, 0.5) is 26.3 Å². The van der Waals surface area contributed by atoms with Crippen LogP contribution in [0.2, 0.25) is 0 Å². The number of aliphatic hydroxyl groups is 1. The van der Waals surface area contributed by atoms with Gasteiger partial charge in [-0.1, -0.05) is 18.2 Å². The topological polar surface area (TPSA) is 20.2 Å². The number of benzene rings is 1. The van der Waals surface area contributed by atoms with E-state index in [0.717, 1.165) is 6.08 Å². The minimum Gasteiger partial charge on any atom is -0.376 e. The average Bonchev–Trinajstić information content (AvgIpc) is 2.27. The molecule has 0 aromatic heterocycles. The largest absolute Gasteiger partial charge is 0.421 e. The third-order valence-corrected chi connectivity index (χ3v) is 2.60. The van der Waals surface area contributed by atoms with Gasteiger partial charge in [0.25, 0.3) is 0 Å². The Labute approximate surface area is 105 Å². The molecule has 0 aliphatic carbocycles. The van der Waals surface area contributed by atoms with Crippen molar-refractivity contribution in [2.24, 2.45) is 0 Å². The smallest absolute Gasteiger partial charge is 0.376 e. The van der Waals surface area contributed by atoms with E-state index in [-0.39, 0.29) is 0 Å². The van der Waals surface area contributed by atoms with Crippen LogP contribution in [0.5, 0.6) is 0 Å². The average molecular weight is 284 g/mol. The van der Waals surface area contributed by atoms with E-state index < -0.39 is 35.5 Å². The van der Waals surface area contributed by atoms with Crippen molar-refractivity contribution in [2.75, 3.05) is 0 Å². The predicted octanol–water partition coefficient (Wildman–Crippen LogP) is 4.03. The summed E-state index contributed by atoms with van der Waals surface area (Å²) in [6.45, 7) is 3.10. The number of alkyl halides is 6. The summed E-state index contributed by atoms with van der Waals surface area (Å²) in [7, 11) is 0. The van der Waals surface area contributed by atoms with Crippen LogP contribution in [0.15, 0.2) is 36.9 Å². The Hall–Kier alpha value is -1.50. The number of halogens is 6. The fourth-order valence-corrected chi connectivity index (χ4v) is 1.54. The van der Waals surface area contributed by atoms with Gasteiger partial charge in [0.05, 0.1) is 5.56 Å². The van der Waals surface area contributed by atoms with Crippen LogP contribution in [-0.4, -0.2) is 11.3 Å². The van der Waals surface area contributed by atoms with Gasteiger partial charge >= 0.3 is 12.4 Å². The van der Waals surface area contributed by atoms with Gasteiger partial charge < -0.3 is 5.11 Å². The highest BCUT2D eigenvalue weighted by atomic mass is 19.4. The van der Waals surface area contributed by atoms with Gasteiger partial charge in [0.2, 0.25) is 0 Å². The van der Waals surface area contributed by atoms with Crippen molar-refractivity contribution in [1.82, 2.24) is 0 Å². The molecule has 0 fully saturated rings. The molecule has 19 heavy (non-hydrogen) atoms. The Morgan fingerprint density at radius 2 is 1.37 bits per heavy atom. The second kappa shape index (κ2) is 4.88. The lowest BCUT2D eigenvalue weighted by Crippen LogP contribution is -2.41. The molecule has 0 aliphatic rings. The number of hydrogen-bond donors (Lipinski definition) is 1. The van der Waals surface area contributed by atoms with E-state index in [1.807, 2.05) is 0 Å². The van der Waals surface area contributed by atoms with Crippen LogP contribution in [0.3, 0.4) is 0 Å². The molecule has 7 heteroatoms. The molecule has 1 atom stereocenters. The summed E-state index contributed by atoms with van der Waals surface area (Å²) >= 11 is 0. The third-order valence-electron chi connectivity index (χ3n) is 2.60. The third kappa shape index (κ3) is 3.09. The van der Waals surface area contributed by atoms with Crippen molar-refractivity contribution in [1.29, 1.82) is 0 Å². The van der Waals surface area contributed by atoms with Crippen molar-refractivity contribution in [2.45, 2.75) is 24.4 Å². The summed E-state index contributed by atoms with van der Waals surface area (Å²) in [6, 6.07) is 2.21. The first-order chi connectivity index (χ1) is 8.52. The van der Waals surface area contributed by atoms with Gasteiger partial charge in [0.1, 0.15) is 0 Å². The van der Waals surface area contributed by atoms with Gasteiger partial charge in [0.15, 0.2) is 5.60 Å². The van der Waals surface area contributed by atoms with Crippen molar-refractivity contribution >= 4 is 0 Å². The zero-order chi connectivity index (χ0) is 14.9. The number of hydrogen-bond acceptors (Lipinski definition) is 1. The Morgan fingerprint density at radius 1 is 0.947 bits per heavy atom. The summed E-state index contributed by atoms with van der Waals surface area (Å²) in [5, 5.41) is 9.64. The minimum absolute atomic E-state index is 0.495. The van der Waals surface area contributed by atoms with Crippen LogP contribution in [0.25, 0.3) is 0 Å². The molecular formula is C12H10F6O. The molecule has 0 bridgehead atoms. The second-order valence-electron chi connectivity index (χ2n) is 3.93. The molecule has 106 valence electrons. The highest BCUT2D eigenvalue weighted by molar-refractivity contribution is 5.30. The summed E-state index contributed by atoms with van der Waals surface area (Å²) in [5.74, 6) is 0. The van der Waals surface area contributed by atoms with E-state index in [0.29, 0.717) is 24.3 Å². The maximum atomic E-state index is 12.8. The van der Waals surface area contributed by atoms with E-state index in [9.17, 15) is 31.4 Å². The Morgan fingerprint density at radius 3 is 1.68 bits per heavy atom. The van der Waals surface area contributed by atoms with Crippen molar-refractivity contribution in [3.05, 3.63) is 48.0 Å². The van der Waals surface area contributed by atoms with E-state index in [2.05, 4.69) is 6.58 Å². The van der Waals surface area contributed by atoms with E-state index in [4.69, 9.17) is 0 Å². The molecule has 1 rings (SSSR count). The first-order valence-corrected chi connectivity index (χ1v) is 5.10. The molecule has 0 heterocycles. The van der Waals surface area contributed by atoms with Crippen molar-refractivity contribution < 1.29 is 31.4 Å². The molecule has 0 amide bonds. The van der Waals surface area contributed by atoms with Gasteiger partial charge in [-0.05, 0) is 17.7 Å². The zero-order valence-electron chi connectivity index (χ0n) is 9.52. The molecule has 0 saturated heterocycles. The SMILES string of the molecule is C=CC[C@@](O)(c1ccc(C(F)(F)F)cc1)C(F)(F)F. The van der Waals surface area contributed by atoms with Crippen molar-refractivity contribution in [3.8, 4) is 0 Å². The Balaban J connectivity index is 3.23. The standard InChI is InChI=1S/C12H10F6O/c1-2-7-10(19,12(16,17)18)8-3-5-9(6-4-8)11(13,14)15/h2-6,19H,1,7H2/t10-/m1/s1. The molecule has 1 nitrogen and oxygen atoms in total. The van der Waals surface area contributed by atoms with Crippen LogP contribution >= 0.6 is 0 Å². The lowest BCUT2D eigenvalue weighted by Gasteiger charge is -2.30. The first-order valence-electron chi connectivity index (χ1n) is 5.10. The second-order valence-corrected chi connectivity index (χ2v) is 3.93. The Bertz CT molecular complexity index is 445. The molecule has 0 aliphatic heterocycles. The van der Waals surface area contributed by atoms with Gasteiger partial charge in [-0.15, -0.1) is 6.58 Å². The maximum Gasteiger partial charge on any atom is 0.421 e. The lowest BCUT2D eigenvalue weighted by atomic mass is 9.89. The van der Waals surface area contributed by atoms with Crippen LogP contribution in [0, 0.1) is 0 Å². The van der Waals surface area contributed by atoms with E-state index in [1.54, 1.807) is 0 Å². The zero-order valence-corrected chi connectivity index (χ0v) is 9.52. The van der Waals surface area contributed by atoms with Gasteiger partial charge in [0, 0.05) is 6.42 Å². The summed E-state index contributed by atoms with van der Waals surface area (Å²) < 4.78 is 75.3. The van der Waals surface area contributed by atoms with Crippen LogP contribution < -0.4 is 0 Å². The molecule has 0 spiro atoms. The summed E-state index contributed by atoms with van der Waals surface area (Å²) in [6.07, 6.45) is -9.65. The fourth-order valence-electron chi connectivity index (χ4n) is 1.54. The normalized spacial score (nSPS) is 15.9. The quantitative estimate of drug-likeness (QED) is 0.656.